The second kappa shape index (κ2) is 8.83. The summed E-state index contributed by atoms with van der Waals surface area (Å²) in [5, 5.41) is 24.5. The normalized spacial score (nSPS) is 10.4. The Labute approximate surface area is 165 Å². The minimum atomic E-state index is -1.10. The summed E-state index contributed by atoms with van der Waals surface area (Å²) in [6, 6.07) is 5.88. The molecule has 0 saturated carbocycles. The molecule has 0 fully saturated rings. The molecule has 144 valence electrons. The van der Waals surface area contributed by atoms with E-state index in [-0.39, 0.29) is 22.8 Å². The van der Waals surface area contributed by atoms with Gasteiger partial charge in [-0.1, -0.05) is 23.2 Å². The van der Waals surface area contributed by atoms with E-state index in [1.165, 1.54) is 18.2 Å². The van der Waals surface area contributed by atoms with E-state index >= 15 is 0 Å². The van der Waals surface area contributed by atoms with Gasteiger partial charge in [0.2, 0.25) is 0 Å². The third-order valence-electron chi connectivity index (χ3n) is 3.89. The summed E-state index contributed by atoms with van der Waals surface area (Å²) < 4.78 is 5.66. The van der Waals surface area contributed by atoms with Crippen LogP contribution in [0.25, 0.3) is 0 Å². The number of hydrogen-bond donors (Lipinski definition) is 4. The van der Waals surface area contributed by atoms with Crippen molar-refractivity contribution in [3.05, 3.63) is 51.0 Å². The highest BCUT2D eigenvalue weighted by atomic mass is 35.5. The Balaban J connectivity index is 2.17. The molecule has 0 aliphatic rings. The van der Waals surface area contributed by atoms with Gasteiger partial charge in [0, 0.05) is 37.3 Å². The predicted octanol–water partition coefficient (Wildman–Crippen LogP) is 4.09. The van der Waals surface area contributed by atoms with Crippen molar-refractivity contribution < 1.29 is 24.5 Å². The maximum Gasteiger partial charge on any atom is 0.337 e. The molecule has 0 spiro atoms. The lowest BCUT2D eigenvalue weighted by molar-refractivity contribution is 0.0687. The van der Waals surface area contributed by atoms with Gasteiger partial charge in [0.05, 0.1) is 28.4 Å². The van der Waals surface area contributed by atoms with Gasteiger partial charge in [-0.25, -0.2) is 9.59 Å². The number of benzene rings is 2. The first-order valence-electron chi connectivity index (χ1n) is 7.89. The minimum absolute atomic E-state index is 0.0424. The number of hydrogen-bond acceptors (Lipinski definition) is 5. The van der Waals surface area contributed by atoms with Crippen LogP contribution in [0.3, 0.4) is 0 Å². The number of carboxylic acid groups (broad SMARTS) is 2. The number of aromatic carboxylic acids is 2. The molecule has 2 aromatic carbocycles. The number of anilines is 2. The number of rotatable bonds is 8. The average Bonchev–Trinajstić information content (AvgIpc) is 2.63. The van der Waals surface area contributed by atoms with Crippen LogP contribution in [-0.2, 0) is 6.42 Å². The molecule has 0 heterocycles. The first-order valence-corrected chi connectivity index (χ1v) is 8.65. The largest absolute Gasteiger partial charge is 0.492 e. The highest BCUT2D eigenvalue weighted by molar-refractivity contribution is 6.32. The average molecular weight is 413 g/mol. The van der Waals surface area contributed by atoms with Gasteiger partial charge in [0.15, 0.2) is 0 Å². The molecule has 9 heteroatoms. The first kappa shape index (κ1) is 20.7. The van der Waals surface area contributed by atoms with E-state index in [1.54, 1.807) is 20.2 Å². The molecule has 0 aliphatic carbocycles. The van der Waals surface area contributed by atoms with Gasteiger partial charge in [-0.2, -0.15) is 0 Å². The van der Waals surface area contributed by atoms with Crippen LogP contribution in [-0.4, -0.2) is 42.9 Å². The Kier molecular flexibility index (Phi) is 6.76. The Hall–Kier alpha value is -2.64. The minimum Gasteiger partial charge on any atom is -0.492 e. The van der Waals surface area contributed by atoms with Gasteiger partial charge in [-0.05, 0) is 23.8 Å². The second-order valence-electron chi connectivity index (χ2n) is 5.53. The van der Waals surface area contributed by atoms with E-state index in [0.717, 1.165) is 0 Å². The Bertz CT molecular complexity index is 815. The van der Waals surface area contributed by atoms with Crippen LogP contribution in [0.2, 0.25) is 10.0 Å². The van der Waals surface area contributed by atoms with Crippen LogP contribution in [0.1, 0.15) is 26.3 Å². The Morgan fingerprint density at radius 2 is 1.44 bits per heavy atom. The van der Waals surface area contributed by atoms with E-state index in [9.17, 15) is 19.8 Å². The fourth-order valence-electron chi connectivity index (χ4n) is 2.51. The maximum atomic E-state index is 11.2. The lowest BCUT2D eigenvalue weighted by atomic mass is 10.1. The number of carbonyl (C=O) groups is 2. The van der Waals surface area contributed by atoms with Gasteiger partial charge in [-0.3, -0.25) is 0 Å². The number of halogens is 2. The molecule has 0 saturated heterocycles. The van der Waals surface area contributed by atoms with E-state index in [1.807, 2.05) is 0 Å². The van der Waals surface area contributed by atoms with Crippen molar-refractivity contribution in [3.63, 3.8) is 0 Å². The van der Waals surface area contributed by atoms with Crippen molar-refractivity contribution in [1.82, 2.24) is 0 Å². The topological polar surface area (TPSA) is 108 Å². The van der Waals surface area contributed by atoms with Crippen LogP contribution in [0.15, 0.2) is 24.3 Å². The summed E-state index contributed by atoms with van der Waals surface area (Å²) in [6.45, 7) is 0.213. The third kappa shape index (κ3) is 4.75. The molecule has 4 N–H and O–H groups in total. The van der Waals surface area contributed by atoms with Gasteiger partial charge in [-0.15, -0.1) is 0 Å². The van der Waals surface area contributed by atoms with Gasteiger partial charge < -0.3 is 25.6 Å². The Morgan fingerprint density at radius 3 is 1.96 bits per heavy atom. The second-order valence-corrected chi connectivity index (χ2v) is 6.34. The van der Waals surface area contributed by atoms with E-state index in [2.05, 4.69) is 10.6 Å². The molecule has 0 aromatic heterocycles. The highest BCUT2D eigenvalue weighted by Crippen LogP contribution is 2.32. The van der Waals surface area contributed by atoms with Gasteiger partial charge in [0.25, 0.3) is 0 Å². The number of nitrogens with one attached hydrogen (secondary N) is 2. The predicted molar refractivity (Wildman–Crippen MR) is 105 cm³/mol. The fraction of sp³-hybridized carbons (Fsp3) is 0.222. The Morgan fingerprint density at radius 1 is 0.926 bits per heavy atom. The van der Waals surface area contributed by atoms with Crippen molar-refractivity contribution in [1.29, 1.82) is 0 Å². The summed E-state index contributed by atoms with van der Waals surface area (Å²) in [5.74, 6) is -1.84. The summed E-state index contributed by atoms with van der Waals surface area (Å²) >= 11 is 12.3. The van der Waals surface area contributed by atoms with Gasteiger partial charge in [0.1, 0.15) is 5.75 Å². The lowest BCUT2D eigenvalue weighted by Crippen LogP contribution is -2.08. The molecule has 0 unspecified atom stereocenters. The van der Waals surface area contributed by atoms with Crippen LogP contribution in [0, 0.1) is 0 Å². The van der Waals surface area contributed by atoms with Crippen LogP contribution >= 0.6 is 23.2 Å². The van der Waals surface area contributed by atoms with E-state index < -0.39 is 11.9 Å². The molecule has 0 bridgehead atoms. The SMILES string of the molecule is CNc1cc(CCOc2cc(NC)c(C(=O)O)cc2Cl)c(Cl)cc1C(=O)O. The molecule has 0 radical (unpaired) electrons. The lowest BCUT2D eigenvalue weighted by Gasteiger charge is -2.14. The zero-order valence-electron chi connectivity index (χ0n) is 14.6. The molecule has 2 aromatic rings. The van der Waals surface area contributed by atoms with Crippen molar-refractivity contribution in [2.75, 3.05) is 31.3 Å². The summed E-state index contributed by atoms with van der Waals surface area (Å²) in [6.07, 6.45) is 0.402. The maximum absolute atomic E-state index is 11.2. The number of carboxylic acids is 2. The fourth-order valence-corrected chi connectivity index (χ4v) is 2.99. The van der Waals surface area contributed by atoms with E-state index in [0.29, 0.717) is 34.1 Å². The summed E-state index contributed by atoms with van der Waals surface area (Å²) in [7, 11) is 3.22. The monoisotopic (exact) mass is 412 g/mol. The standard InChI is InChI=1S/C18H18Cl2N2O5/c1-21-14-5-9(12(19)6-10(14)17(23)24)3-4-27-16-8-15(22-2)11(18(25)26)7-13(16)20/h5-8,21-22H,3-4H2,1-2H3,(H,23,24)(H,25,26). The van der Waals surface area contributed by atoms with Crippen molar-refractivity contribution in [3.8, 4) is 5.75 Å². The number of ether oxygens (including phenoxy) is 1. The molecule has 27 heavy (non-hydrogen) atoms. The van der Waals surface area contributed by atoms with Crippen LogP contribution in [0.5, 0.6) is 5.75 Å². The molecular weight excluding hydrogens is 395 g/mol. The smallest absolute Gasteiger partial charge is 0.337 e. The first-order chi connectivity index (χ1) is 12.8. The molecule has 7 nitrogen and oxygen atoms in total. The molecule has 2 rings (SSSR count). The highest BCUT2D eigenvalue weighted by Gasteiger charge is 2.16. The molecular formula is C18H18Cl2N2O5. The zero-order valence-corrected chi connectivity index (χ0v) is 16.1. The van der Waals surface area contributed by atoms with Crippen LogP contribution in [0.4, 0.5) is 11.4 Å². The summed E-state index contributed by atoms with van der Waals surface area (Å²) in [4.78, 5) is 22.4. The van der Waals surface area contributed by atoms with Crippen molar-refractivity contribution in [2.45, 2.75) is 6.42 Å². The zero-order chi connectivity index (χ0) is 20.1. The van der Waals surface area contributed by atoms with Crippen molar-refractivity contribution in [2.24, 2.45) is 0 Å². The molecule has 0 amide bonds. The van der Waals surface area contributed by atoms with E-state index in [4.69, 9.17) is 27.9 Å². The van der Waals surface area contributed by atoms with Crippen molar-refractivity contribution >= 4 is 46.5 Å². The molecule has 0 atom stereocenters. The summed E-state index contributed by atoms with van der Waals surface area (Å²) in [5.41, 5.74) is 1.66. The quantitative estimate of drug-likeness (QED) is 0.516. The van der Waals surface area contributed by atoms with Crippen LogP contribution < -0.4 is 15.4 Å². The third-order valence-corrected chi connectivity index (χ3v) is 4.53. The molecule has 0 aliphatic heterocycles. The van der Waals surface area contributed by atoms with Gasteiger partial charge >= 0.3 is 11.9 Å².